The van der Waals surface area contributed by atoms with E-state index < -0.39 is 10.0 Å². The van der Waals surface area contributed by atoms with Crippen molar-refractivity contribution in [2.75, 3.05) is 36.0 Å². The maximum absolute atomic E-state index is 12.7. The summed E-state index contributed by atoms with van der Waals surface area (Å²) in [4.78, 5) is 26.2. The minimum absolute atomic E-state index is 0.142. The standard InChI is InChI=1S/C19H20ClN3O4S/c1-22(12-18(24)21-16-6-4-3-5-15(16)20)19(25)14-7-8-17-13(11-14)9-10-23(17)28(2,26)27/h3-8,11H,9-10,12H2,1-2H3,(H,21,24). The van der Waals surface area contributed by atoms with E-state index in [0.717, 1.165) is 11.8 Å². The molecule has 148 valence electrons. The van der Waals surface area contributed by atoms with E-state index in [1.165, 1.54) is 16.3 Å². The molecular formula is C19H20ClN3O4S. The average molecular weight is 422 g/mol. The number of benzene rings is 2. The smallest absolute Gasteiger partial charge is 0.254 e. The van der Waals surface area contributed by atoms with E-state index in [2.05, 4.69) is 5.32 Å². The van der Waals surface area contributed by atoms with Crippen LogP contribution in [0.2, 0.25) is 5.02 Å². The first kappa shape index (κ1) is 20.2. The zero-order chi connectivity index (χ0) is 20.5. The van der Waals surface area contributed by atoms with E-state index in [1.54, 1.807) is 42.5 Å². The third-order valence-corrected chi connectivity index (χ3v) is 5.96. The van der Waals surface area contributed by atoms with Gasteiger partial charge in [0.2, 0.25) is 15.9 Å². The molecule has 1 aliphatic rings. The number of hydrogen-bond acceptors (Lipinski definition) is 4. The molecule has 0 aliphatic carbocycles. The summed E-state index contributed by atoms with van der Waals surface area (Å²) in [6.07, 6.45) is 1.70. The average Bonchev–Trinajstić information content (AvgIpc) is 3.06. The van der Waals surface area contributed by atoms with E-state index in [1.807, 2.05) is 0 Å². The second-order valence-corrected chi connectivity index (χ2v) is 8.93. The minimum Gasteiger partial charge on any atom is -0.332 e. The van der Waals surface area contributed by atoms with Gasteiger partial charge in [0.1, 0.15) is 0 Å². The number of fused-ring (bicyclic) bond motifs is 1. The molecule has 0 bridgehead atoms. The molecular weight excluding hydrogens is 402 g/mol. The SMILES string of the molecule is CN(CC(=O)Nc1ccccc1Cl)C(=O)c1ccc2c(c1)CCN2S(C)(=O)=O. The number of sulfonamides is 1. The number of amides is 2. The molecule has 2 aromatic carbocycles. The molecule has 0 atom stereocenters. The first-order chi connectivity index (χ1) is 13.2. The molecule has 1 N–H and O–H groups in total. The Bertz CT molecular complexity index is 1040. The summed E-state index contributed by atoms with van der Waals surface area (Å²) in [5, 5.41) is 3.09. The number of nitrogens with one attached hydrogen (secondary N) is 1. The van der Waals surface area contributed by atoms with Gasteiger partial charge in [0.25, 0.3) is 5.91 Å². The van der Waals surface area contributed by atoms with Gasteiger partial charge in [-0.25, -0.2) is 8.42 Å². The van der Waals surface area contributed by atoms with Crippen LogP contribution >= 0.6 is 11.6 Å². The first-order valence-corrected chi connectivity index (χ1v) is 10.8. The monoisotopic (exact) mass is 421 g/mol. The largest absolute Gasteiger partial charge is 0.332 e. The highest BCUT2D eigenvalue weighted by molar-refractivity contribution is 7.92. The summed E-state index contributed by atoms with van der Waals surface area (Å²) in [7, 11) is -1.81. The Morgan fingerprint density at radius 3 is 2.61 bits per heavy atom. The molecule has 3 rings (SSSR count). The van der Waals surface area contributed by atoms with Gasteiger partial charge < -0.3 is 10.2 Å². The quantitative estimate of drug-likeness (QED) is 0.802. The highest BCUT2D eigenvalue weighted by Gasteiger charge is 2.27. The number of likely N-dealkylation sites (N-methyl/N-ethyl adjacent to an activating group) is 1. The van der Waals surface area contributed by atoms with E-state index in [-0.39, 0.29) is 18.4 Å². The summed E-state index contributed by atoms with van der Waals surface area (Å²) in [6, 6.07) is 11.7. The van der Waals surface area contributed by atoms with Crippen LogP contribution < -0.4 is 9.62 Å². The maximum atomic E-state index is 12.7. The number of halogens is 1. The van der Waals surface area contributed by atoms with E-state index in [0.29, 0.717) is 34.9 Å². The van der Waals surface area contributed by atoms with Crippen molar-refractivity contribution >= 4 is 44.8 Å². The predicted octanol–water partition coefficient (Wildman–Crippen LogP) is 2.37. The molecule has 9 heteroatoms. The zero-order valence-electron chi connectivity index (χ0n) is 15.5. The molecule has 2 aromatic rings. The Kier molecular flexibility index (Phi) is 5.62. The Hall–Kier alpha value is -2.58. The zero-order valence-corrected chi connectivity index (χ0v) is 17.0. The molecule has 28 heavy (non-hydrogen) atoms. The molecule has 0 spiro atoms. The minimum atomic E-state index is -3.34. The molecule has 7 nitrogen and oxygen atoms in total. The van der Waals surface area contributed by atoms with Crippen LogP contribution in [0.1, 0.15) is 15.9 Å². The van der Waals surface area contributed by atoms with Gasteiger partial charge in [0.15, 0.2) is 0 Å². The molecule has 1 heterocycles. The fraction of sp³-hybridized carbons (Fsp3) is 0.263. The first-order valence-electron chi connectivity index (χ1n) is 8.57. The van der Waals surface area contributed by atoms with Crippen LogP contribution in [0.4, 0.5) is 11.4 Å². The van der Waals surface area contributed by atoms with Crippen LogP contribution in [0.15, 0.2) is 42.5 Å². The third kappa shape index (κ3) is 4.28. The van der Waals surface area contributed by atoms with Crippen LogP contribution in [0.5, 0.6) is 0 Å². The Morgan fingerprint density at radius 1 is 1.21 bits per heavy atom. The van der Waals surface area contributed by atoms with Gasteiger partial charge in [-0.05, 0) is 42.3 Å². The highest BCUT2D eigenvalue weighted by Crippen LogP contribution is 2.31. The lowest BCUT2D eigenvalue weighted by Gasteiger charge is -2.19. The summed E-state index contributed by atoms with van der Waals surface area (Å²) >= 11 is 6.02. The molecule has 0 aromatic heterocycles. The fourth-order valence-electron chi connectivity index (χ4n) is 3.11. The second-order valence-electron chi connectivity index (χ2n) is 6.62. The van der Waals surface area contributed by atoms with Crippen molar-refractivity contribution in [1.82, 2.24) is 4.90 Å². The lowest BCUT2D eigenvalue weighted by atomic mass is 10.1. The number of carbonyl (C=O) groups is 2. The lowest BCUT2D eigenvalue weighted by molar-refractivity contribution is -0.116. The molecule has 1 aliphatic heterocycles. The summed E-state index contributed by atoms with van der Waals surface area (Å²) in [5.74, 6) is -0.691. The lowest BCUT2D eigenvalue weighted by Crippen LogP contribution is -2.35. The van der Waals surface area contributed by atoms with Gasteiger partial charge in [0.05, 0.1) is 29.2 Å². The maximum Gasteiger partial charge on any atom is 0.254 e. The second kappa shape index (κ2) is 7.81. The van der Waals surface area contributed by atoms with Crippen molar-refractivity contribution in [3.8, 4) is 0 Å². The molecule has 0 radical (unpaired) electrons. The van der Waals surface area contributed by atoms with Crippen molar-refractivity contribution < 1.29 is 18.0 Å². The number of nitrogens with zero attached hydrogens (tertiary/aromatic N) is 2. The predicted molar refractivity (Wildman–Crippen MR) is 109 cm³/mol. The van der Waals surface area contributed by atoms with E-state index in [9.17, 15) is 18.0 Å². The number of rotatable bonds is 5. The number of carbonyl (C=O) groups excluding carboxylic acids is 2. The Morgan fingerprint density at radius 2 is 1.93 bits per heavy atom. The van der Waals surface area contributed by atoms with Crippen molar-refractivity contribution in [1.29, 1.82) is 0 Å². The van der Waals surface area contributed by atoms with Gasteiger partial charge in [-0.2, -0.15) is 0 Å². The topological polar surface area (TPSA) is 86.8 Å². The fourth-order valence-corrected chi connectivity index (χ4v) is 4.25. The number of anilines is 2. The number of hydrogen-bond donors (Lipinski definition) is 1. The normalized spacial score (nSPS) is 13.2. The van der Waals surface area contributed by atoms with Gasteiger partial charge in [-0.1, -0.05) is 23.7 Å². The third-order valence-electron chi connectivity index (χ3n) is 4.46. The highest BCUT2D eigenvalue weighted by atomic mass is 35.5. The van der Waals surface area contributed by atoms with Crippen molar-refractivity contribution in [2.24, 2.45) is 0 Å². The number of para-hydroxylation sites is 1. The molecule has 0 fully saturated rings. The van der Waals surface area contributed by atoms with Crippen LogP contribution in [0.3, 0.4) is 0 Å². The summed E-state index contributed by atoms with van der Waals surface area (Å²) < 4.78 is 25.0. The van der Waals surface area contributed by atoms with Crippen molar-refractivity contribution in [2.45, 2.75) is 6.42 Å². The van der Waals surface area contributed by atoms with Crippen LogP contribution in [0.25, 0.3) is 0 Å². The van der Waals surface area contributed by atoms with Crippen LogP contribution in [-0.2, 0) is 21.2 Å². The summed E-state index contributed by atoms with van der Waals surface area (Å²) in [5.41, 5.74) is 2.28. The van der Waals surface area contributed by atoms with Crippen molar-refractivity contribution in [3.05, 3.63) is 58.6 Å². The van der Waals surface area contributed by atoms with Gasteiger partial charge in [-0.15, -0.1) is 0 Å². The molecule has 0 saturated carbocycles. The van der Waals surface area contributed by atoms with E-state index >= 15 is 0 Å². The van der Waals surface area contributed by atoms with Gasteiger partial charge in [-0.3, -0.25) is 13.9 Å². The van der Waals surface area contributed by atoms with Crippen LogP contribution in [-0.4, -0.2) is 51.5 Å². The van der Waals surface area contributed by atoms with E-state index in [4.69, 9.17) is 11.6 Å². The van der Waals surface area contributed by atoms with Gasteiger partial charge >= 0.3 is 0 Å². The molecule has 2 amide bonds. The van der Waals surface area contributed by atoms with Crippen molar-refractivity contribution in [3.63, 3.8) is 0 Å². The van der Waals surface area contributed by atoms with Crippen LogP contribution in [0, 0.1) is 0 Å². The van der Waals surface area contributed by atoms with Gasteiger partial charge in [0, 0.05) is 19.2 Å². The molecule has 0 unspecified atom stereocenters. The summed E-state index contributed by atoms with van der Waals surface area (Å²) in [6.45, 7) is 0.221. The Labute approximate surface area is 168 Å². The molecule has 0 saturated heterocycles. The Balaban J connectivity index is 1.69.